The lowest BCUT2D eigenvalue weighted by Gasteiger charge is -2.21. The van der Waals surface area contributed by atoms with Gasteiger partial charge < -0.3 is 9.84 Å². The first-order valence-electron chi connectivity index (χ1n) is 6.50. The predicted molar refractivity (Wildman–Crippen MR) is 75.3 cm³/mol. The number of hydrogen-bond acceptors (Lipinski definition) is 4. The van der Waals surface area contributed by atoms with Crippen LogP contribution in [0.15, 0.2) is 30.3 Å². The summed E-state index contributed by atoms with van der Waals surface area (Å²) in [6.45, 7) is 5.34. The highest BCUT2D eigenvalue weighted by Gasteiger charge is 2.19. The van der Waals surface area contributed by atoms with E-state index in [1.807, 2.05) is 30.3 Å². The number of carbonyl (C=O) groups excluding carboxylic acids is 1. The van der Waals surface area contributed by atoms with Crippen LogP contribution >= 0.6 is 0 Å². The number of ether oxygens (including phenoxy) is 1. The second kappa shape index (κ2) is 7.05. The minimum absolute atomic E-state index is 0.0237. The quantitative estimate of drug-likeness (QED) is 0.780. The second-order valence-electron chi connectivity index (χ2n) is 5.53. The summed E-state index contributed by atoms with van der Waals surface area (Å²) in [5.74, 6) is -1.32. The normalized spacial score (nSPS) is 12.8. The number of carboxylic acid groups (broad SMARTS) is 1. The molecule has 0 amide bonds. The summed E-state index contributed by atoms with van der Waals surface area (Å²) in [4.78, 5) is 22.5. The molecule has 110 valence electrons. The van der Waals surface area contributed by atoms with Crippen molar-refractivity contribution in [3.05, 3.63) is 35.9 Å². The van der Waals surface area contributed by atoms with E-state index in [4.69, 9.17) is 9.84 Å². The summed E-state index contributed by atoms with van der Waals surface area (Å²) in [5, 5.41) is 11.9. The molecule has 1 aromatic carbocycles. The zero-order chi connectivity index (χ0) is 15.2. The Bertz CT molecular complexity index is 451. The van der Waals surface area contributed by atoms with E-state index in [0.717, 1.165) is 5.56 Å². The number of benzene rings is 1. The standard InChI is InChI=1S/C15H21NO4/c1-15(2,3)20-14(19)10-16-12(9-13(17)18)11-7-5-4-6-8-11/h4-8,12,16H,9-10H2,1-3H3,(H,17,18)/t12-/m0/s1. The Balaban J connectivity index is 2.63. The van der Waals surface area contributed by atoms with Gasteiger partial charge in [0.2, 0.25) is 0 Å². The first-order valence-corrected chi connectivity index (χ1v) is 6.50. The molecule has 1 rings (SSSR count). The summed E-state index contributed by atoms with van der Waals surface area (Å²) in [6, 6.07) is 8.76. The Morgan fingerprint density at radius 2 is 1.85 bits per heavy atom. The van der Waals surface area contributed by atoms with E-state index < -0.39 is 23.6 Å². The van der Waals surface area contributed by atoms with Crippen molar-refractivity contribution in [1.82, 2.24) is 5.32 Å². The fourth-order valence-electron chi connectivity index (χ4n) is 1.75. The predicted octanol–water partition coefficient (Wildman–Crippen LogP) is 2.13. The number of rotatable bonds is 6. The summed E-state index contributed by atoms with van der Waals surface area (Å²) >= 11 is 0. The molecule has 0 aliphatic carbocycles. The third kappa shape index (κ3) is 6.33. The molecule has 0 fully saturated rings. The Morgan fingerprint density at radius 3 is 2.35 bits per heavy atom. The molecule has 0 radical (unpaired) electrons. The number of hydrogen-bond donors (Lipinski definition) is 2. The third-order valence-electron chi connectivity index (χ3n) is 2.49. The Morgan fingerprint density at radius 1 is 1.25 bits per heavy atom. The largest absolute Gasteiger partial charge is 0.481 e. The molecule has 0 aromatic heterocycles. The lowest BCUT2D eigenvalue weighted by atomic mass is 10.0. The summed E-state index contributed by atoms with van der Waals surface area (Å²) in [7, 11) is 0. The summed E-state index contributed by atoms with van der Waals surface area (Å²) < 4.78 is 5.18. The topological polar surface area (TPSA) is 75.6 Å². The van der Waals surface area contributed by atoms with E-state index in [2.05, 4.69) is 5.32 Å². The number of carboxylic acids is 1. The molecule has 1 aromatic rings. The van der Waals surface area contributed by atoms with Gasteiger partial charge >= 0.3 is 11.9 Å². The summed E-state index contributed by atoms with van der Waals surface area (Å²) in [5.41, 5.74) is 0.284. The van der Waals surface area contributed by atoms with Gasteiger partial charge in [0.1, 0.15) is 5.60 Å². The lowest BCUT2D eigenvalue weighted by molar-refractivity contribution is -0.154. The highest BCUT2D eigenvalue weighted by molar-refractivity contribution is 5.72. The molecule has 0 aliphatic heterocycles. The van der Waals surface area contributed by atoms with E-state index >= 15 is 0 Å². The molecule has 0 aliphatic rings. The van der Waals surface area contributed by atoms with Crippen molar-refractivity contribution in [2.75, 3.05) is 6.54 Å². The van der Waals surface area contributed by atoms with Crippen molar-refractivity contribution in [3.8, 4) is 0 Å². The first kappa shape index (κ1) is 16.2. The molecule has 20 heavy (non-hydrogen) atoms. The average molecular weight is 279 g/mol. The Hall–Kier alpha value is -1.88. The molecular weight excluding hydrogens is 258 g/mol. The van der Waals surface area contributed by atoms with Crippen LogP contribution in [-0.4, -0.2) is 29.2 Å². The lowest BCUT2D eigenvalue weighted by Crippen LogP contribution is -2.34. The van der Waals surface area contributed by atoms with E-state index in [0.29, 0.717) is 0 Å². The molecule has 1 atom stereocenters. The first-order chi connectivity index (χ1) is 9.28. The van der Waals surface area contributed by atoms with Gasteiger partial charge in [-0.25, -0.2) is 0 Å². The molecule has 5 nitrogen and oxygen atoms in total. The van der Waals surface area contributed by atoms with Gasteiger partial charge in [-0.2, -0.15) is 0 Å². The number of aliphatic carboxylic acids is 1. The SMILES string of the molecule is CC(C)(C)OC(=O)CN[C@@H](CC(=O)O)c1ccccc1. The van der Waals surface area contributed by atoms with E-state index in [-0.39, 0.29) is 13.0 Å². The van der Waals surface area contributed by atoms with Crippen LogP contribution in [0, 0.1) is 0 Å². The maximum absolute atomic E-state index is 11.6. The van der Waals surface area contributed by atoms with Gasteiger partial charge in [0.25, 0.3) is 0 Å². The van der Waals surface area contributed by atoms with Gasteiger partial charge in [-0.3, -0.25) is 14.9 Å². The van der Waals surface area contributed by atoms with E-state index in [9.17, 15) is 9.59 Å². The molecule has 0 bridgehead atoms. The molecule has 0 spiro atoms. The zero-order valence-corrected chi connectivity index (χ0v) is 12.1. The van der Waals surface area contributed by atoms with Crippen LogP contribution in [0.5, 0.6) is 0 Å². The summed E-state index contributed by atoms with van der Waals surface area (Å²) in [6.07, 6.45) is -0.0905. The zero-order valence-electron chi connectivity index (χ0n) is 12.1. The monoisotopic (exact) mass is 279 g/mol. The Kier molecular flexibility index (Phi) is 5.70. The van der Waals surface area contributed by atoms with Gasteiger partial charge in [0, 0.05) is 6.04 Å². The van der Waals surface area contributed by atoms with Crippen molar-refractivity contribution in [2.45, 2.75) is 38.8 Å². The fourth-order valence-corrected chi connectivity index (χ4v) is 1.75. The van der Waals surface area contributed by atoms with Crippen LogP contribution in [0.3, 0.4) is 0 Å². The maximum atomic E-state index is 11.6. The fraction of sp³-hybridized carbons (Fsp3) is 0.467. The number of nitrogens with one attached hydrogen (secondary N) is 1. The maximum Gasteiger partial charge on any atom is 0.320 e. The van der Waals surface area contributed by atoms with Crippen LogP contribution in [0.1, 0.15) is 38.8 Å². The third-order valence-corrected chi connectivity index (χ3v) is 2.49. The highest BCUT2D eigenvalue weighted by Crippen LogP contribution is 2.16. The van der Waals surface area contributed by atoms with Crippen molar-refractivity contribution in [2.24, 2.45) is 0 Å². The van der Waals surface area contributed by atoms with E-state index in [1.165, 1.54) is 0 Å². The van der Waals surface area contributed by atoms with Gasteiger partial charge in [-0.1, -0.05) is 30.3 Å². The molecule has 0 unspecified atom stereocenters. The van der Waals surface area contributed by atoms with E-state index in [1.54, 1.807) is 20.8 Å². The van der Waals surface area contributed by atoms with Gasteiger partial charge in [0.05, 0.1) is 13.0 Å². The van der Waals surface area contributed by atoms with Gasteiger partial charge in [0.15, 0.2) is 0 Å². The van der Waals surface area contributed by atoms with Crippen LogP contribution in [-0.2, 0) is 14.3 Å². The second-order valence-corrected chi connectivity index (χ2v) is 5.53. The van der Waals surface area contributed by atoms with Crippen LogP contribution in [0.2, 0.25) is 0 Å². The number of carbonyl (C=O) groups is 2. The molecule has 0 saturated carbocycles. The van der Waals surface area contributed by atoms with Crippen LogP contribution in [0.4, 0.5) is 0 Å². The average Bonchev–Trinajstić information content (AvgIpc) is 2.33. The van der Waals surface area contributed by atoms with Crippen molar-refractivity contribution in [3.63, 3.8) is 0 Å². The minimum atomic E-state index is -0.921. The molecule has 5 heteroatoms. The van der Waals surface area contributed by atoms with Gasteiger partial charge in [-0.15, -0.1) is 0 Å². The molecule has 0 saturated heterocycles. The van der Waals surface area contributed by atoms with Crippen molar-refractivity contribution in [1.29, 1.82) is 0 Å². The van der Waals surface area contributed by atoms with Crippen molar-refractivity contribution < 1.29 is 19.4 Å². The van der Waals surface area contributed by atoms with Crippen LogP contribution in [0.25, 0.3) is 0 Å². The Labute approximate surface area is 118 Å². The minimum Gasteiger partial charge on any atom is -0.481 e. The number of esters is 1. The van der Waals surface area contributed by atoms with Crippen molar-refractivity contribution >= 4 is 11.9 Å². The highest BCUT2D eigenvalue weighted by atomic mass is 16.6. The van der Waals surface area contributed by atoms with Gasteiger partial charge in [-0.05, 0) is 26.3 Å². The molecule has 0 heterocycles. The molecule has 2 N–H and O–H groups in total. The smallest absolute Gasteiger partial charge is 0.320 e. The molecular formula is C15H21NO4. The van der Waals surface area contributed by atoms with Crippen LogP contribution < -0.4 is 5.32 Å².